The number of hydrogen-bond acceptors (Lipinski definition) is 10. The van der Waals surface area contributed by atoms with E-state index < -0.39 is 12.2 Å². The predicted molar refractivity (Wildman–Crippen MR) is 138 cm³/mol. The quantitative estimate of drug-likeness (QED) is 0.199. The van der Waals surface area contributed by atoms with Crippen molar-refractivity contribution in [2.45, 2.75) is 0 Å². The fourth-order valence-electron chi connectivity index (χ4n) is 2.13. The van der Waals surface area contributed by atoms with E-state index in [4.69, 9.17) is 19.3 Å². The Bertz CT molecular complexity index is 1040. The summed E-state index contributed by atoms with van der Waals surface area (Å²) < 4.78 is 21.9. The van der Waals surface area contributed by atoms with Gasteiger partial charge < -0.3 is 0 Å². The van der Waals surface area contributed by atoms with Crippen molar-refractivity contribution in [3.05, 3.63) is 54.1 Å². The number of aliphatic hydroxyl groups is 1. The molecule has 0 fully saturated rings. The second kappa shape index (κ2) is 18.8. The Balaban J connectivity index is 0.000000362. The second-order valence-corrected chi connectivity index (χ2v) is 6.66. The molecule has 2 aromatic rings. The molecule has 0 aliphatic rings. The molecule has 0 aliphatic carbocycles. The van der Waals surface area contributed by atoms with E-state index in [0.717, 1.165) is 7.21 Å². The molecule has 0 saturated carbocycles. The molecule has 0 aliphatic heterocycles. The summed E-state index contributed by atoms with van der Waals surface area (Å²) in [6.45, 7) is 0.133. The minimum atomic E-state index is -0.690. The van der Waals surface area contributed by atoms with Gasteiger partial charge in [-0.25, -0.2) is 0 Å². The molecular formula is C19H23B2N5O8P2. The normalized spacial score (nSPS) is 9.64. The van der Waals surface area contributed by atoms with Crippen molar-refractivity contribution in [1.29, 1.82) is 0 Å². The fraction of sp³-hybridized carbons (Fsp3) is 0.158. The molecule has 0 aromatic heterocycles. The first kappa shape index (κ1) is 30.5. The van der Waals surface area contributed by atoms with Crippen molar-refractivity contribution in [3.63, 3.8) is 0 Å². The van der Waals surface area contributed by atoms with E-state index in [0.29, 0.717) is 23.3 Å². The molecule has 0 spiro atoms. The van der Waals surface area contributed by atoms with Crippen LogP contribution in [0.25, 0.3) is 0 Å². The topological polar surface area (TPSA) is 177 Å². The van der Waals surface area contributed by atoms with Crippen LogP contribution in [0.1, 0.15) is 10.4 Å². The van der Waals surface area contributed by atoms with Crippen LogP contribution in [0.4, 0.5) is 9.59 Å². The van der Waals surface area contributed by atoms with Gasteiger partial charge in [-0.3, -0.25) is 0 Å². The standard InChI is InChI=1S/C10H11BN3O4P.C9H12BN2O4P/c15-6-5-12-9(16)7-1-3-8(4-2-7)18-10(17)13-11-14-19;13-5-6-15-7-1-3-8(4-2-7)16-9(14)11-10-12-17/h1-4,6H,5,19H2,(H,12,16)(H,13,17);1-4,13H,5-6,17H2,(H,11,14). The van der Waals surface area contributed by atoms with Crippen LogP contribution in [0.5, 0.6) is 17.2 Å². The predicted octanol–water partition coefficient (Wildman–Crippen LogP) is 1.04. The number of ether oxygens (including phenoxy) is 3. The average molecular weight is 533 g/mol. The second-order valence-electron chi connectivity index (χ2n) is 6.07. The molecule has 36 heavy (non-hydrogen) atoms. The van der Waals surface area contributed by atoms with Gasteiger partial charge in [-0.1, -0.05) is 0 Å². The van der Waals surface area contributed by atoms with Gasteiger partial charge in [0.1, 0.15) is 0 Å². The van der Waals surface area contributed by atoms with E-state index in [1.165, 1.54) is 31.5 Å². The molecule has 2 atom stereocenters. The summed E-state index contributed by atoms with van der Waals surface area (Å²) in [5.41, 5.74) is 0.362. The number of aliphatic hydroxyl groups excluding tert-OH is 1. The van der Waals surface area contributed by atoms with Crippen molar-refractivity contribution in [2.75, 3.05) is 19.8 Å². The minimum absolute atomic E-state index is 0.0466. The van der Waals surface area contributed by atoms with E-state index in [9.17, 15) is 19.2 Å². The molecule has 188 valence electrons. The molecule has 17 heteroatoms. The Kier molecular flexibility index (Phi) is 15.9. The third-order valence-corrected chi connectivity index (χ3v) is 3.88. The van der Waals surface area contributed by atoms with Crippen LogP contribution in [0.15, 0.2) is 57.9 Å². The number of benzene rings is 2. The van der Waals surface area contributed by atoms with Gasteiger partial charge in [0.25, 0.3) is 0 Å². The Labute approximate surface area is 212 Å². The van der Waals surface area contributed by atoms with Crippen LogP contribution in [0.2, 0.25) is 0 Å². The summed E-state index contributed by atoms with van der Waals surface area (Å²) in [6, 6.07) is 12.3. The number of nitrogens with one attached hydrogen (secondary N) is 3. The first-order chi connectivity index (χ1) is 17.4. The number of nitrogens with zero attached hydrogens (tertiary/aromatic N) is 2. The van der Waals surface area contributed by atoms with E-state index in [1.807, 2.05) is 0 Å². The van der Waals surface area contributed by atoms with E-state index in [1.54, 1.807) is 24.3 Å². The van der Waals surface area contributed by atoms with Gasteiger partial charge in [0.15, 0.2) is 0 Å². The van der Waals surface area contributed by atoms with Gasteiger partial charge in [-0.05, 0) is 0 Å². The third-order valence-electron chi connectivity index (χ3n) is 3.58. The Morgan fingerprint density at radius 2 is 1.33 bits per heavy atom. The van der Waals surface area contributed by atoms with Crippen LogP contribution in [0, 0.1) is 0 Å². The summed E-state index contributed by atoms with van der Waals surface area (Å²) in [5, 5.41) is 15.5. The SMILES string of the molecule is O=C(NB=NP)Oc1ccc(OCCO)cc1.O=CCNC(=O)c1ccc(OC(=O)NB=NP)cc1. The van der Waals surface area contributed by atoms with Gasteiger partial charge in [0.05, 0.1) is 0 Å². The van der Waals surface area contributed by atoms with Crippen LogP contribution in [-0.2, 0) is 4.79 Å². The summed E-state index contributed by atoms with van der Waals surface area (Å²) in [5.74, 6) is 0.883. The van der Waals surface area contributed by atoms with Gasteiger partial charge >= 0.3 is 212 Å². The van der Waals surface area contributed by atoms with Crippen molar-refractivity contribution in [3.8, 4) is 17.2 Å². The van der Waals surface area contributed by atoms with Gasteiger partial charge in [-0.2, -0.15) is 0 Å². The zero-order chi connectivity index (χ0) is 26.6. The van der Waals surface area contributed by atoms with Crippen LogP contribution in [-0.4, -0.2) is 63.7 Å². The molecule has 0 bridgehead atoms. The van der Waals surface area contributed by atoms with Crippen LogP contribution in [0.3, 0.4) is 0 Å². The Morgan fingerprint density at radius 1 is 0.861 bits per heavy atom. The Morgan fingerprint density at radius 3 is 1.78 bits per heavy atom. The maximum atomic E-state index is 11.5. The first-order valence-electron chi connectivity index (χ1n) is 9.99. The molecule has 2 unspecified atom stereocenters. The zero-order valence-electron chi connectivity index (χ0n) is 18.8. The molecule has 3 amide bonds. The van der Waals surface area contributed by atoms with Crippen molar-refractivity contribution < 1.29 is 38.5 Å². The van der Waals surface area contributed by atoms with E-state index >= 15 is 0 Å². The van der Waals surface area contributed by atoms with Crippen molar-refractivity contribution in [1.82, 2.24) is 15.8 Å². The number of amides is 3. The monoisotopic (exact) mass is 533 g/mol. The fourth-order valence-corrected chi connectivity index (χ4v) is 2.28. The molecule has 2 rings (SSSR count). The van der Waals surface area contributed by atoms with Gasteiger partial charge in [-0.15, -0.1) is 0 Å². The molecule has 0 heterocycles. The Hall–Kier alpha value is -3.53. The van der Waals surface area contributed by atoms with Gasteiger partial charge in [0, 0.05) is 0 Å². The van der Waals surface area contributed by atoms with Gasteiger partial charge in [0.2, 0.25) is 0 Å². The molecule has 13 nitrogen and oxygen atoms in total. The van der Waals surface area contributed by atoms with Crippen LogP contribution >= 0.6 is 18.8 Å². The maximum absolute atomic E-state index is 11.5. The van der Waals surface area contributed by atoms with Crippen molar-refractivity contribution >= 4 is 57.6 Å². The average Bonchev–Trinajstić information content (AvgIpc) is 2.89. The summed E-state index contributed by atoms with van der Waals surface area (Å²) in [6.07, 6.45) is -0.725. The molecule has 0 radical (unpaired) electrons. The summed E-state index contributed by atoms with van der Waals surface area (Å²) >= 11 is 0. The number of carbonyl (C=O) groups excluding carboxylic acids is 4. The van der Waals surface area contributed by atoms with E-state index in [2.05, 4.69) is 43.9 Å². The number of rotatable bonds is 10. The number of carbonyl (C=O) groups is 4. The van der Waals surface area contributed by atoms with Crippen molar-refractivity contribution in [2.24, 2.45) is 9.33 Å². The molecule has 2 aromatic carbocycles. The zero-order valence-corrected chi connectivity index (χ0v) is 21.1. The first-order valence-corrected chi connectivity index (χ1v) is 11.0. The molecular weight excluding hydrogens is 510 g/mol. The van der Waals surface area contributed by atoms with Crippen LogP contribution < -0.4 is 30.0 Å². The number of hydrogen-bond donors (Lipinski definition) is 4. The molecule has 0 saturated heterocycles. The number of aldehydes is 1. The third kappa shape index (κ3) is 13.4. The summed E-state index contributed by atoms with van der Waals surface area (Å²) in [4.78, 5) is 43.9. The van der Waals surface area contributed by atoms with E-state index in [-0.39, 0.29) is 31.4 Å². The summed E-state index contributed by atoms with van der Waals surface area (Å²) in [7, 11) is 6.49. The molecule has 4 N–H and O–H groups in total.